The second kappa shape index (κ2) is 10.6. The van der Waals surface area contributed by atoms with Crippen molar-refractivity contribution >= 4 is 38.6 Å². The second-order valence-electron chi connectivity index (χ2n) is 12.0. The molecule has 2 atom stereocenters. The number of benzene rings is 6. The first-order valence-electron chi connectivity index (χ1n) is 15.7. The van der Waals surface area contributed by atoms with Gasteiger partial charge in [-0.2, -0.15) is 0 Å². The first-order chi connectivity index (χ1) is 22.7. The van der Waals surface area contributed by atoms with Crippen LogP contribution in [0.5, 0.6) is 0 Å². The number of furan rings is 1. The number of fused-ring (bicyclic) bond motifs is 6. The normalized spacial score (nSPS) is 15.8. The molecule has 4 nitrogen and oxygen atoms in total. The third-order valence-corrected chi connectivity index (χ3v) is 9.22. The van der Waals surface area contributed by atoms with Gasteiger partial charge in [-0.3, -0.25) is 0 Å². The van der Waals surface area contributed by atoms with Crippen LogP contribution in [-0.2, 0) is 0 Å². The minimum atomic E-state index is -0.137. The first kappa shape index (κ1) is 26.5. The molecule has 1 aliphatic carbocycles. The Morgan fingerprint density at radius 2 is 1.20 bits per heavy atom. The van der Waals surface area contributed by atoms with Crippen molar-refractivity contribution in [2.75, 3.05) is 0 Å². The van der Waals surface area contributed by atoms with Gasteiger partial charge in [-0.1, -0.05) is 134 Å². The lowest BCUT2D eigenvalue weighted by molar-refractivity contribution is 0.545. The van der Waals surface area contributed by atoms with Gasteiger partial charge in [-0.05, 0) is 56.8 Å². The van der Waals surface area contributed by atoms with Gasteiger partial charge in [0, 0.05) is 22.1 Å². The van der Waals surface area contributed by atoms with Crippen molar-refractivity contribution in [3.05, 3.63) is 157 Å². The van der Waals surface area contributed by atoms with E-state index in [2.05, 4.69) is 116 Å². The Morgan fingerprint density at radius 1 is 0.565 bits per heavy atom. The molecule has 0 saturated heterocycles. The van der Waals surface area contributed by atoms with E-state index in [9.17, 15) is 0 Å². The third-order valence-electron chi connectivity index (χ3n) is 9.22. The van der Waals surface area contributed by atoms with Gasteiger partial charge in [0.2, 0.25) is 0 Å². The van der Waals surface area contributed by atoms with E-state index in [1.54, 1.807) is 0 Å². The lowest BCUT2D eigenvalue weighted by Crippen LogP contribution is -2.18. The molecule has 8 aromatic rings. The summed E-state index contributed by atoms with van der Waals surface area (Å²) in [5, 5.41) is 6.05. The molecule has 0 amide bonds. The molecule has 0 aliphatic heterocycles. The fourth-order valence-electron chi connectivity index (χ4n) is 7.07. The predicted octanol–water partition coefficient (Wildman–Crippen LogP) is 10.7. The van der Waals surface area contributed by atoms with E-state index in [-0.39, 0.29) is 11.8 Å². The van der Waals surface area contributed by atoms with Gasteiger partial charge in [-0.15, -0.1) is 0 Å². The van der Waals surface area contributed by atoms with Crippen LogP contribution in [0.25, 0.3) is 72.5 Å². The summed E-state index contributed by atoms with van der Waals surface area (Å²) in [6.07, 6.45) is 4.34. The van der Waals surface area contributed by atoms with Crippen molar-refractivity contribution in [3.63, 3.8) is 0 Å². The zero-order valence-corrected chi connectivity index (χ0v) is 25.3. The molecule has 0 spiro atoms. The summed E-state index contributed by atoms with van der Waals surface area (Å²) in [6.45, 7) is 2.24. The van der Waals surface area contributed by atoms with Crippen LogP contribution in [0.3, 0.4) is 0 Å². The minimum absolute atomic E-state index is 0.129. The summed E-state index contributed by atoms with van der Waals surface area (Å²) < 4.78 is 6.62. The van der Waals surface area contributed by atoms with Crippen LogP contribution in [0.2, 0.25) is 0 Å². The number of nitrogens with zero attached hydrogens (tertiary/aromatic N) is 3. The maximum atomic E-state index is 6.62. The summed E-state index contributed by atoms with van der Waals surface area (Å²) >= 11 is 0. The topological polar surface area (TPSA) is 51.8 Å². The maximum absolute atomic E-state index is 6.62. The highest BCUT2D eigenvalue weighted by atomic mass is 16.3. The van der Waals surface area contributed by atoms with Crippen molar-refractivity contribution < 1.29 is 4.42 Å². The van der Waals surface area contributed by atoms with E-state index in [0.717, 1.165) is 44.8 Å². The van der Waals surface area contributed by atoms with Gasteiger partial charge >= 0.3 is 0 Å². The van der Waals surface area contributed by atoms with Gasteiger partial charge in [0.25, 0.3) is 0 Å². The van der Waals surface area contributed by atoms with E-state index in [4.69, 9.17) is 19.4 Å². The van der Waals surface area contributed by atoms with Gasteiger partial charge < -0.3 is 4.42 Å². The smallest absolute Gasteiger partial charge is 0.163 e. The Morgan fingerprint density at radius 3 is 1.91 bits per heavy atom. The number of hydrogen-bond acceptors (Lipinski definition) is 4. The summed E-state index contributed by atoms with van der Waals surface area (Å²) in [5.41, 5.74) is 6.25. The van der Waals surface area contributed by atoms with Crippen LogP contribution in [0.15, 0.2) is 144 Å². The van der Waals surface area contributed by atoms with Crippen LogP contribution in [-0.4, -0.2) is 15.0 Å². The molecule has 4 heteroatoms. The summed E-state index contributed by atoms with van der Waals surface area (Å²) in [7, 11) is 0. The zero-order valence-electron chi connectivity index (χ0n) is 25.3. The monoisotopic (exact) mass is 591 g/mol. The number of rotatable bonds is 4. The van der Waals surface area contributed by atoms with Gasteiger partial charge in [0.05, 0.1) is 5.92 Å². The molecule has 218 valence electrons. The Balaban J connectivity index is 1.32. The molecule has 1 aliphatic rings. The van der Waals surface area contributed by atoms with Crippen molar-refractivity contribution in [1.29, 1.82) is 0 Å². The SMILES string of the molecule is CC1C=Cc2oc3cccc(-c4cc5ccccc5c5ccccc45)c3c2C1c1nc(-c2ccccc2)nc(-c2ccccc2)n1. The number of hydrogen-bond donors (Lipinski definition) is 0. The van der Waals surface area contributed by atoms with Crippen molar-refractivity contribution in [2.45, 2.75) is 12.8 Å². The lowest BCUT2D eigenvalue weighted by Gasteiger charge is -2.25. The van der Waals surface area contributed by atoms with Gasteiger partial charge in [0.1, 0.15) is 17.2 Å². The van der Waals surface area contributed by atoms with Crippen LogP contribution in [0.1, 0.15) is 30.0 Å². The fourth-order valence-corrected chi connectivity index (χ4v) is 7.07. The van der Waals surface area contributed by atoms with Crippen LogP contribution in [0.4, 0.5) is 0 Å². The minimum Gasteiger partial charge on any atom is -0.456 e. The van der Waals surface area contributed by atoms with Crippen molar-refractivity contribution in [1.82, 2.24) is 15.0 Å². The molecule has 2 aromatic heterocycles. The molecular weight excluding hydrogens is 562 g/mol. The molecule has 0 fully saturated rings. The quantitative estimate of drug-likeness (QED) is 0.191. The number of aromatic nitrogens is 3. The van der Waals surface area contributed by atoms with Crippen molar-refractivity contribution in [2.24, 2.45) is 5.92 Å². The standard InChI is InChI=1S/C42H29N3O/c1-26-23-24-36-39(37(26)42-44-40(27-13-4-2-5-14-27)43-41(45-42)28-15-6-3-7-16-28)38-33(21-12-22-35(38)46-36)34-25-29-17-8-9-18-30(29)31-19-10-11-20-32(31)34/h2-26,37H,1H3. The Bertz CT molecular complexity index is 2390. The Hall–Kier alpha value is -5.87. The molecular formula is C42H29N3O. The molecule has 2 unspecified atom stereocenters. The molecule has 46 heavy (non-hydrogen) atoms. The van der Waals surface area contributed by atoms with Crippen molar-refractivity contribution in [3.8, 4) is 33.9 Å². The molecule has 0 N–H and O–H groups in total. The molecule has 6 aromatic carbocycles. The largest absolute Gasteiger partial charge is 0.456 e. The molecule has 2 heterocycles. The molecule has 9 rings (SSSR count). The molecule has 0 radical (unpaired) electrons. The number of allylic oxidation sites excluding steroid dienone is 1. The molecule has 0 saturated carbocycles. The van der Waals surface area contributed by atoms with Gasteiger partial charge in [0.15, 0.2) is 11.6 Å². The van der Waals surface area contributed by atoms with Gasteiger partial charge in [-0.25, -0.2) is 15.0 Å². The summed E-state index contributed by atoms with van der Waals surface area (Å²) in [4.78, 5) is 15.3. The lowest BCUT2D eigenvalue weighted by atomic mass is 9.79. The van der Waals surface area contributed by atoms with Crippen LogP contribution < -0.4 is 0 Å². The Labute approximate surface area is 266 Å². The first-order valence-corrected chi connectivity index (χ1v) is 15.7. The highest BCUT2D eigenvalue weighted by Crippen LogP contribution is 2.48. The summed E-state index contributed by atoms with van der Waals surface area (Å²) in [5.74, 6) is 2.93. The predicted molar refractivity (Wildman–Crippen MR) is 187 cm³/mol. The van der Waals surface area contributed by atoms with Crippen LogP contribution >= 0.6 is 0 Å². The zero-order chi connectivity index (χ0) is 30.6. The highest BCUT2D eigenvalue weighted by Gasteiger charge is 2.34. The molecule has 0 bridgehead atoms. The highest BCUT2D eigenvalue weighted by molar-refractivity contribution is 6.16. The Kier molecular flexibility index (Phi) is 6.13. The fraction of sp³-hybridized carbons (Fsp3) is 0.0714. The van der Waals surface area contributed by atoms with E-state index < -0.39 is 0 Å². The van der Waals surface area contributed by atoms with E-state index in [1.165, 1.54) is 27.1 Å². The average Bonchev–Trinajstić information content (AvgIpc) is 3.51. The van der Waals surface area contributed by atoms with E-state index >= 15 is 0 Å². The summed E-state index contributed by atoms with van der Waals surface area (Å²) in [6, 6.07) is 46.4. The van der Waals surface area contributed by atoms with E-state index in [1.807, 2.05) is 36.4 Å². The van der Waals surface area contributed by atoms with Crippen LogP contribution in [0, 0.1) is 5.92 Å². The average molecular weight is 592 g/mol. The maximum Gasteiger partial charge on any atom is 0.163 e. The van der Waals surface area contributed by atoms with E-state index in [0.29, 0.717) is 11.6 Å². The third kappa shape index (κ3) is 4.26. The second-order valence-corrected chi connectivity index (χ2v) is 12.0.